The number of rotatable bonds is 4. The van der Waals surface area contributed by atoms with Gasteiger partial charge in [0, 0.05) is 49.6 Å². The second-order valence-corrected chi connectivity index (χ2v) is 8.05. The molecule has 0 radical (unpaired) electrons. The van der Waals surface area contributed by atoms with Gasteiger partial charge in [-0.3, -0.25) is 9.59 Å². The summed E-state index contributed by atoms with van der Waals surface area (Å²) in [6.45, 7) is 2.33. The first kappa shape index (κ1) is 19.5. The van der Waals surface area contributed by atoms with Crippen molar-refractivity contribution in [1.82, 2.24) is 9.47 Å². The number of piperazine rings is 1. The first-order valence-electron chi connectivity index (χ1n) is 9.53. The summed E-state index contributed by atoms with van der Waals surface area (Å²) in [5.41, 5.74) is 1.35. The summed E-state index contributed by atoms with van der Waals surface area (Å²) in [6.07, 6.45) is 0. The van der Waals surface area contributed by atoms with E-state index in [9.17, 15) is 14.0 Å². The maximum Gasteiger partial charge on any atom is 0.251 e. The molecule has 150 valence electrons. The molecule has 0 atom stereocenters. The van der Waals surface area contributed by atoms with Crippen LogP contribution in [0, 0.1) is 5.82 Å². The predicted molar refractivity (Wildman–Crippen MR) is 115 cm³/mol. The van der Waals surface area contributed by atoms with Gasteiger partial charge in [0.15, 0.2) is 0 Å². The lowest BCUT2D eigenvalue weighted by atomic mass is 10.2. The van der Waals surface area contributed by atoms with E-state index in [-0.39, 0.29) is 23.0 Å². The molecule has 7 heteroatoms. The molecule has 1 fully saturated rings. The van der Waals surface area contributed by atoms with E-state index in [0.29, 0.717) is 31.9 Å². The number of pyridine rings is 1. The number of nitrogens with zero attached hydrogens (tertiary/aromatic N) is 3. The van der Waals surface area contributed by atoms with E-state index in [1.54, 1.807) is 29.8 Å². The molecule has 1 amide bonds. The predicted octanol–water partition coefficient (Wildman–Crippen LogP) is 3.12. The molecule has 0 spiro atoms. The van der Waals surface area contributed by atoms with E-state index in [1.165, 1.54) is 17.8 Å². The van der Waals surface area contributed by atoms with Crippen molar-refractivity contribution < 1.29 is 9.18 Å². The van der Waals surface area contributed by atoms with Crippen molar-refractivity contribution >= 4 is 34.3 Å². The van der Waals surface area contributed by atoms with Crippen LogP contribution < -0.4 is 10.5 Å². The van der Waals surface area contributed by atoms with Gasteiger partial charge in [0.05, 0.1) is 17.0 Å². The molecule has 3 aromatic rings. The Bertz CT molecular complexity index is 1110. The monoisotopic (exact) mass is 411 g/mol. The molecule has 2 aromatic carbocycles. The second-order valence-electron chi connectivity index (χ2n) is 7.03. The second kappa shape index (κ2) is 8.29. The molecule has 5 nitrogen and oxygen atoms in total. The molecular weight excluding hydrogens is 389 g/mol. The third kappa shape index (κ3) is 4.00. The van der Waals surface area contributed by atoms with Gasteiger partial charge in [0.2, 0.25) is 5.91 Å². The van der Waals surface area contributed by atoms with Gasteiger partial charge in [-0.2, -0.15) is 0 Å². The van der Waals surface area contributed by atoms with Crippen molar-refractivity contribution in [3.8, 4) is 0 Å². The van der Waals surface area contributed by atoms with Gasteiger partial charge >= 0.3 is 0 Å². The van der Waals surface area contributed by atoms with E-state index < -0.39 is 0 Å². The van der Waals surface area contributed by atoms with Crippen LogP contribution in [0.4, 0.5) is 10.1 Å². The number of aryl methyl sites for hydroxylation is 1. The maximum atomic E-state index is 14.0. The lowest BCUT2D eigenvalue weighted by Gasteiger charge is -2.36. The Morgan fingerprint density at radius 2 is 1.72 bits per heavy atom. The highest BCUT2D eigenvalue weighted by molar-refractivity contribution is 8.00. The third-order valence-corrected chi connectivity index (χ3v) is 6.33. The summed E-state index contributed by atoms with van der Waals surface area (Å²) in [5.74, 6) is 0.0740. The molecule has 0 N–H and O–H groups in total. The quantitative estimate of drug-likeness (QED) is 0.619. The molecule has 0 unspecified atom stereocenters. The summed E-state index contributed by atoms with van der Waals surface area (Å²) in [6, 6.07) is 16.0. The molecule has 1 aromatic heterocycles. The van der Waals surface area contributed by atoms with Gasteiger partial charge < -0.3 is 14.4 Å². The molecule has 1 saturated heterocycles. The van der Waals surface area contributed by atoms with Crippen molar-refractivity contribution in [3.63, 3.8) is 0 Å². The Labute approximate surface area is 172 Å². The van der Waals surface area contributed by atoms with E-state index in [4.69, 9.17) is 0 Å². The Morgan fingerprint density at radius 3 is 2.48 bits per heavy atom. The van der Waals surface area contributed by atoms with Crippen molar-refractivity contribution in [1.29, 1.82) is 0 Å². The van der Waals surface area contributed by atoms with Crippen LogP contribution in [0.2, 0.25) is 0 Å². The highest BCUT2D eigenvalue weighted by Gasteiger charge is 2.23. The summed E-state index contributed by atoms with van der Waals surface area (Å²) < 4.78 is 15.6. The topological polar surface area (TPSA) is 45.6 Å². The fourth-order valence-corrected chi connectivity index (χ4v) is 4.61. The Hall–Kier alpha value is -2.80. The van der Waals surface area contributed by atoms with Gasteiger partial charge in [0.25, 0.3) is 5.56 Å². The molecule has 1 aliphatic rings. The summed E-state index contributed by atoms with van der Waals surface area (Å²) in [4.78, 5) is 29.5. The normalized spacial score (nSPS) is 14.4. The molecular formula is C22H22FN3O2S. The average molecular weight is 412 g/mol. The molecule has 1 aliphatic heterocycles. The lowest BCUT2D eigenvalue weighted by molar-refractivity contribution is -0.128. The minimum atomic E-state index is -0.236. The largest absolute Gasteiger partial charge is 0.366 e. The van der Waals surface area contributed by atoms with Crippen LogP contribution in [-0.2, 0) is 11.8 Å². The number of thioether (sulfide) groups is 1. The van der Waals surface area contributed by atoms with Crippen LogP contribution in [0.1, 0.15) is 0 Å². The van der Waals surface area contributed by atoms with Crippen LogP contribution in [0.5, 0.6) is 0 Å². The zero-order chi connectivity index (χ0) is 20.4. The zero-order valence-electron chi connectivity index (χ0n) is 16.2. The van der Waals surface area contributed by atoms with Crippen LogP contribution >= 0.6 is 11.8 Å². The van der Waals surface area contributed by atoms with Gasteiger partial charge in [-0.25, -0.2) is 4.39 Å². The van der Waals surface area contributed by atoms with Gasteiger partial charge in [-0.1, -0.05) is 30.3 Å². The summed E-state index contributed by atoms with van der Waals surface area (Å²) >= 11 is 1.40. The number of benzene rings is 2. The van der Waals surface area contributed by atoms with Crippen molar-refractivity contribution in [2.45, 2.75) is 4.90 Å². The van der Waals surface area contributed by atoms with Crippen LogP contribution in [0.25, 0.3) is 10.9 Å². The van der Waals surface area contributed by atoms with Crippen molar-refractivity contribution in [2.24, 2.45) is 7.05 Å². The fourth-order valence-electron chi connectivity index (χ4n) is 3.64. The number of carbonyl (C=O) groups is 1. The molecule has 2 heterocycles. The van der Waals surface area contributed by atoms with Crippen LogP contribution in [0.15, 0.2) is 64.3 Å². The molecule has 0 bridgehead atoms. The minimum absolute atomic E-state index is 0.0351. The number of para-hydroxylation sites is 2. The number of anilines is 1. The molecule has 4 rings (SSSR count). The number of hydrogen-bond donors (Lipinski definition) is 0. The fraction of sp³-hybridized carbons (Fsp3) is 0.273. The number of carbonyl (C=O) groups excluding carboxylic acids is 1. The van der Waals surface area contributed by atoms with Crippen LogP contribution in [0.3, 0.4) is 0 Å². The van der Waals surface area contributed by atoms with Gasteiger partial charge in [-0.15, -0.1) is 11.8 Å². The highest BCUT2D eigenvalue weighted by Crippen LogP contribution is 2.27. The summed E-state index contributed by atoms with van der Waals surface area (Å²) in [7, 11) is 1.75. The van der Waals surface area contributed by atoms with Gasteiger partial charge in [-0.05, 0) is 18.2 Å². The molecule has 0 aliphatic carbocycles. The van der Waals surface area contributed by atoms with E-state index >= 15 is 0 Å². The zero-order valence-corrected chi connectivity index (χ0v) is 17.0. The summed E-state index contributed by atoms with van der Waals surface area (Å²) in [5, 5.41) is 0.969. The van der Waals surface area contributed by atoms with Crippen LogP contribution in [-0.4, -0.2) is 47.3 Å². The Morgan fingerprint density at radius 1 is 1.03 bits per heavy atom. The number of aromatic nitrogens is 1. The lowest BCUT2D eigenvalue weighted by Crippen LogP contribution is -2.49. The van der Waals surface area contributed by atoms with Crippen molar-refractivity contribution in [2.75, 3.05) is 36.8 Å². The number of halogens is 1. The Kier molecular flexibility index (Phi) is 5.58. The number of amides is 1. The highest BCUT2D eigenvalue weighted by atomic mass is 32.2. The van der Waals surface area contributed by atoms with E-state index in [2.05, 4.69) is 0 Å². The smallest absolute Gasteiger partial charge is 0.251 e. The standard InChI is InChI=1S/C22H22FN3O2S/c1-24-18-8-4-2-6-16(18)20(14-21(24)27)29-15-22(28)26-12-10-25(11-13-26)19-9-5-3-7-17(19)23/h2-9,14H,10-13,15H2,1H3. The molecule has 29 heavy (non-hydrogen) atoms. The maximum absolute atomic E-state index is 14.0. The average Bonchev–Trinajstić information content (AvgIpc) is 2.75. The van der Waals surface area contributed by atoms with Gasteiger partial charge in [0.1, 0.15) is 5.82 Å². The SMILES string of the molecule is Cn1c(=O)cc(SCC(=O)N2CCN(c3ccccc3F)CC2)c2ccccc21. The first-order chi connectivity index (χ1) is 14.0. The third-order valence-electron chi connectivity index (χ3n) is 5.29. The molecule has 0 saturated carbocycles. The number of fused-ring (bicyclic) bond motifs is 1. The minimum Gasteiger partial charge on any atom is -0.366 e. The number of hydrogen-bond acceptors (Lipinski definition) is 4. The Balaban J connectivity index is 1.40. The van der Waals surface area contributed by atoms with E-state index in [1.807, 2.05) is 40.1 Å². The van der Waals surface area contributed by atoms with E-state index in [0.717, 1.165) is 15.8 Å². The first-order valence-corrected chi connectivity index (χ1v) is 10.5. The van der Waals surface area contributed by atoms with Crippen molar-refractivity contribution in [3.05, 3.63) is 70.8 Å².